The van der Waals surface area contributed by atoms with Crippen LogP contribution < -0.4 is 0 Å². The summed E-state index contributed by atoms with van der Waals surface area (Å²) >= 11 is 4.20. The minimum Gasteiger partial charge on any atom is -0.240 e. The van der Waals surface area contributed by atoms with Gasteiger partial charge in [0.2, 0.25) is 0 Å². The maximum Gasteiger partial charge on any atom is 0.138 e. The number of benzene rings is 1. The second kappa shape index (κ2) is 6.01. The minimum absolute atomic E-state index is 0.568. The van der Waals surface area contributed by atoms with Gasteiger partial charge in [0.25, 0.3) is 0 Å². The van der Waals surface area contributed by atoms with Crippen LogP contribution in [-0.2, 0) is 5.75 Å². The maximum atomic E-state index is 4.47. The van der Waals surface area contributed by atoms with Crippen molar-refractivity contribution in [1.29, 1.82) is 0 Å². The highest BCUT2D eigenvalue weighted by molar-refractivity contribution is 7.79. The summed E-state index contributed by atoms with van der Waals surface area (Å²) in [4.78, 5) is 8.62. The van der Waals surface area contributed by atoms with Crippen LogP contribution in [0.25, 0.3) is 11.3 Å². The molecular formula is C15H18N2S. The summed E-state index contributed by atoms with van der Waals surface area (Å²) in [6.07, 6.45) is 2.95. The van der Waals surface area contributed by atoms with Crippen LogP contribution in [0.3, 0.4) is 0 Å². The number of hydrogen-bond donors (Lipinski definition) is 1. The molecule has 0 aliphatic rings. The van der Waals surface area contributed by atoms with Gasteiger partial charge in [-0.05, 0) is 24.0 Å². The minimum atomic E-state index is 0.568. The average molecular weight is 258 g/mol. The highest BCUT2D eigenvalue weighted by Crippen LogP contribution is 2.23. The monoisotopic (exact) mass is 258 g/mol. The maximum absolute atomic E-state index is 4.47. The lowest BCUT2D eigenvalue weighted by atomic mass is 9.97. The number of thiol groups is 1. The Labute approximate surface area is 114 Å². The molecule has 0 radical (unpaired) electrons. The van der Waals surface area contributed by atoms with E-state index in [0.29, 0.717) is 11.7 Å². The largest absolute Gasteiger partial charge is 0.240 e. The molecular weight excluding hydrogens is 240 g/mol. The molecule has 0 aliphatic heterocycles. The zero-order chi connectivity index (χ0) is 13.0. The van der Waals surface area contributed by atoms with Gasteiger partial charge in [0.05, 0.1) is 11.4 Å². The van der Waals surface area contributed by atoms with E-state index in [2.05, 4.69) is 60.7 Å². The van der Waals surface area contributed by atoms with Crippen LogP contribution >= 0.6 is 12.6 Å². The standard InChI is InChI=1S/C15H18N2S/c1-3-11(2)12-4-6-13(7-5-12)14-8-9-16-15(10-18)17-14/h4-9,11,18H,3,10H2,1-2H3. The summed E-state index contributed by atoms with van der Waals surface area (Å²) in [5.41, 5.74) is 3.47. The normalized spacial score (nSPS) is 12.4. The van der Waals surface area contributed by atoms with E-state index in [4.69, 9.17) is 0 Å². The zero-order valence-electron chi connectivity index (χ0n) is 10.8. The Morgan fingerprint density at radius 2 is 1.89 bits per heavy atom. The molecule has 1 aromatic carbocycles. The molecule has 1 unspecified atom stereocenters. The van der Waals surface area contributed by atoms with Gasteiger partial charge < -0.3 is 0 Å². The predicted molar refractivity (Wildman–Crippen MR) is 78.9 cm³/mol. The van der Waals surface area contributed by atoms with Gasteiger partial charge in [-0.3, -0.25) is 0 Å². The van der Waals surface area contributed by atoms with Gasteiger partial charge in [-0.1, -0.05) is 38.1 Å². The van der Waals surface area contributed by atoms with Crippen molar-refractivity contribution in [2.24, 2.45) is 0 Å². The van der Waals surface area contributed by atoms with Gasteiger partial charge in [-0.25, -0.2) is 9.97 Å². The van der Waals surface area contributed by atoms with Crippen LogP contribution in [-0.4, -0.2) is 9.97 Å². The summed E-state index contributed by atoms with van der Waals surface area (Å²) in [5, 5.41) is 0. The first-order chi connectivity index (χ1) is 8.74. The lowest BCUT2D eigenvalue weighted by Crippen LogP contribution is -1.94. The van der Waals surface area contributed by atoms with Gasteiger partial charge in [0.1, 0.15) is 5.82 Å². The Hall–Kier alpha value is -1.35. The molecule has 0 fully saturated rings. The number of aromatic nitrogens is 2. The van der Waals surface area contributed by atoms with E-state index < -0.39 is 0 Å². The molecule has 0 bridgehead atoms. The van der Waals surface area contributed by atoms with E-state index in [1.54, 1.807) is 6.20 Å². The quantitative estimate of drug-likeness (QED) is 0.836. The van der Waals surface area contributed by atoms with E-state index in [0.717, 1.165) is 23.5 Å². The Morgan fingerprint density at radius 3 is 2.50 bits per heavy atom. The lowest BCUT2D eigenvalue weighted by molar-refractivity contribution is 0.734. The topological polar surface area (TPSA) is 25.8 Å². The fourth-order valence-electron chi connectivity index (χ4n) is 1.85. The van der Waals surface area contributed by atoms with Crippen LogP contribution in [0.1, 0.15) is 37.6 Å². The Bertz CT molecular complexity index is 508. The van der Waals surface area contributed by atoms with E-state index in [1.165, 1.54) is 5.56 Å². The van der Waals surface area contributed by atoms with Gasteiger partial charge in [-0.15, -0.1) is 0 Å². The second-order valence-corrected chi connectivity index (χ2v) is 4.76. The molecule has 1 aromatic heterocycles. The molecule has 2 nitrogen and oxygen atoms in total. The second-order valence-electron chi connectivity index (χ2n) is 4.45. The van der Waals surface area contributed by atoms with E-state index in [-0.39, 0.29) is 0 Å². The first-order valence-electron chi connectivity index (χ1n) is 6.27. The molecule has 18 heavy (non-hydrogen) atoms. The third-order valence-corrected chi connectivity index (χ3v) is 3.52. The summed E-state index contributed by atoms with van der Waals surface area (Å²) in [7, 11) is 0. The van der Waals surface area contributed by atoms with Crippen LogP contribution in [0.4, 0.5) is 0 Å². The SMILES string of the molecule is CCC(C)c1ccc(-c2ccnc(CS)n2)cc1. The Balaban J connectivity index is 2.28. The third-order valence-electron chi connectivity index (χ3n) is 3.23. The van der Waals surface area contributed by atoms with Gasteiger partial charge in [0.15, 0.2) is 0 Å². The molecule has 94 valence electrons. The average Bonchev–Trinajstić information content (AvgIpc) is 2.46. The molecule has 1 atom stereocenters. The van der Waals surface area contributed by atoms with Crippen molar-refractivity contribution in [1.82, 2.24) is 9.97 Å². The van der Waals surface area contributed by atoms with Crippen molar-refractivity contribution in [3.05, 3.63) is 47.9 Å². The molecule has 2 rings (SSSR count). The van der Waals surface area contributed by atoms with Crippen molar-refractivity contribution in [3.63, 3.8) is 0 Å². The number of hydrogen-bond acceptors (Lipinski definition) is 3. The van der Waals surface area contributed by atoms with Crippen molar-refractivity contribution in [2.75, 3.05) is 0 Å². The van der Waals surface area contributed by atoms with Crippen LogP contribution in [0.2, 0.25) is 0 Å². The summed E-state index contributed by atoms with van der Waals surface area (Å²) in [6, 6.07) is 10.6. The van der Waals surface area contributed by atoms with Crippen molar-refractivity contribution >= 4 is 12.6 Å². The van der Waals surface area contributed by atoms with Gasteiger partial charge in [-0.2, -0.15) is 12.6 Å². The van der Waals surface area contributed by atoms with Crippen molar-refractivity contribution < 1.29 is 0 Å². The summed E-state index contributed by atoms with van der Waals surface area (Å²) < 4.78 is 0. The van der Waals surface area contributed by atoms with Gasteiger partial charge in [0, 0.05) is 11.8 Å². The fraction of sp³-hybridized carbons (Fsp3) is 0.333. The predicted octanol–water partition coefficient (Wildman–Crippen LogP) is 4.09. The fourth-order valence-corrected chi connectivity index (χ4v) is 2.01. The molecule has 0 saturated carbocycles. The molecule has 3 heteroatoms. The van der Waals surface area contributed by atoms with Gasteiger partial charge >= 0.3 is 0 Å². The molecule has 0 amide bonds. The lowest BCUT2D eigenvalue weighted by Gasteiger charge is -2.09. The van der Waals surface area contributed by atoms with E-state index in [1.807, 2.05) is 6.07 Å². The third kappa shape index (κ3) is 2.91. The Kier molecular flexibility index (Phi) is 4.37. The van der Waals surface area contributed by atoms with Crippen molar-refractivity contribution in [3.8, 4) is 11.3 Å². The van der Waals surface area contributed by atoms with Crippen LogP contribution in [0, 0.1) is 0 Å². The first kappa shape index (κ1) is 13.1. The highest BCUT2D eigenvalue weighted by Gasteiger charge is 2.05. The smallest absolute Gasteiger partial charge is 0.138 e. The molecule has 0 aliphatic carbocycles. The molecule has 1 heterocycles. The highest BCUT2D eigenvalue weighted by atomic mass is 32.1. The van der Waals surface area contributed by atoms with E-state index in [9.17, 15) is 0 Å². The first-order valence-corrected chi connectivity index (χ1v) is 6.91. The number of nitrogens with zero attached hydrogens (tertiary/aromatic N) is 2. The molecule has 0 N–H and O–H groups in total. The van der Waals surface area contributed by atoms with E-state index >= 15 is 0 Å². The molecule has 0 saturated heterocycles. The Morgan fingerprint density at radius 1 is 1.17 bits per heavy atom. The molecule has 2 aromatic rings. The summed E-state index contributed by atoms with van der Waals surface area (Å²) in [5.74, 6) is 1.94. The van der Waals surface area contributed by atoms with Crippen LogP contribution in [0.15, 0.2) is 36.5 Å². The van der Waals surface area contributed by atoms with Crippen molar-refractivity contribution in [2.45, 2.75) is 31.9 Å². The van der Waals surface area contributed by atoms with Crippen LogP contribution in [0.5, 0.6) is 0 Å². The summed E-state index contributed by atoms with van der Waals surface area (Å²) in [6.45, 7) is 4.46. The zero-order valence-corrected chi connectivity index (χ0v) is 11.7. The molecule has 0 spiro atoms. The number of rotatable bonds is 4.